The second-order valence-electron chi connectivity index (χ2n) is 6.14. The Balaban J connectivity index is 1.53. The fourth-order valence-electron chi connectivity index (χ4n) is 3.41. The zero-order valence-electron chi connectivity index (χ0n) is 14.6. The number of amides is 1. The molecule has 2 aromatic carbocycles. The van der Waals surface area contributed by atoms with Crippen LogP contribution in [0.2, 0.25) is 0 Å². The number of ether oxygens (including phenoxy) is 4. The van der Waals surface area contributed by atoms with Crippen LogP contribution in [-0.2, 0) is 20.1 Å². The van der Waals surface area contributed by atoms with Crippen LogP contribution in [0, 0.1) is 0 Å². The van der Waals surface area contributed by atoms with Crippen LogP contribution in [0.1, 0.15) is 12.0 Å². The van der Waals surface area contributed by atoms with Gasteiger partial charge < -0.3 is 23.8 Å². The molecule has 1 spiro atoms. The zero-order valence-corrected chi connectivity index (χ0v) is 14.6. The molecule has 6 heteroatoms. The number of carbonyl (C=O) groups is 1. The van der Waals surface area contributed by atoms with Gasteiger partial charge in [0.2, 0.25) is 0 Å². The Morgan fingerprint density at radius 3 is 2.50 bits per heavy atom. The van der Waals surface area contributed by atoms with Crippen molar-refractivity contribution in [2.45, 2.75) is 12.2 Å². The van der Waals surface area contributed by atoms with E-state index in [2.05, 4.69) is 0 Å². The third-order valence-electron chi connectivity index (χ3n) is 4.62. The molecule has 0 bridgehead atoms. The van der Waals surface area contributed by atoms with Crippen LogP contribution < -0.4 is 14.4 Å². The molecule has 26 heavy (non-hydrogen) atoms. The van der Waals surface area contributed by atoms with Gasteiger partial charge in [-0.25, -0.2) is 0 Å². The summed E-state index contributed by atoms with van der Waals surface area (Å²) < 4.78 is 22.8. The van der Waals surface area contributed by atoms with Crippen molar-refractivity contribution in [3.63, 3.8) is 0 Å². The van der Waals surface area contributed by atoms with Gasteiger partial charge in [-0.05, 0) is 24.6 Å². The van der Waals surface area contributed by atoms with E-state index in [1.54, 1.807) is 12.0 Å². The first-order valence-corrected chi connectivity index (χ1v) is 8.71. The summed E-state index contributed by atoms with van der Waals surface area (Å²) in [7, 11) is 1.60. The van der Waals surface area contributed by atoms with Gasteiger partial charge in [0.15, 0.2) is 11.5 Å². The van der Waals surface area contributed by atoms with Gasteiger partial charge in [-0.2, -0.15) is 0 Å². The summed E-state index contributed by atoms with van der Waals surface area (Å²) in [4.78, 5) is 14.8. The number of methoxy groups -OCH3 is 1. The molecule has 0 unspecified atom stereocenters. The van der Waals surface area contributed by atoms with Crippen LogP contribution >= 0.6 is 0 Å². The Morgan fingerprint density at radius 1 is 1.04 bits per heavy atom. The molecule has 0 atom stereocenters. The van der Waals surface area contributed by atoms with Crippen molar-refractivity contribution in [1.82, 2.24) is 0 Å². The van der Waals surface area contributed by atoms with Gasteiger partial charge in [-0.1, -0.05) is 30.3 Å². The third-order valence-corrected chi connectivity index (χ3v) is 4.62. The Morgan fingerprint density at radius 2 is 1.73 bits per heavy atom. The van der Waals surface area contributed by atoms with Crippen molar-refractivity contribution < 1.29 is 23.7 Å². The van der Waals surface area contributed by atoms with E-state index in [4.69, 9.17) is 18.9 Å². The minimum absolute atomic E-state index is 0.193. The SMILES string of the molecule is COc1ccccc1OCCN1C(=O)C2(OCCCO2)c2ccccc21. The predicted molar refractivity (Wildman–Crippen MR) is 95.5 cm³/mol. The molecular weight excluding hydrogens is 334 g/mol. The lowest BCUT2D eigenvalue weighted by atomic mass is 10.1. The average Bonchev–Trinajstić information content (AvgIpc) is 2.92. The lowest BCUT2D eigenvalue weighted by Crippen LogP contribution is -2.48. The molecule has 2 aliphatic heterocycles. The van der Waals surface area contributed by atoms with Gasteiger partial charge >= 0.3 is 0 Å². The smallest absolute Gasteiger partial charge is 0.292 e. The van der Waals surface area contributed by atoms with Crippen LogP contribution in [0.3, 0.4) is 0 Å². The van der Waals surface area contributed by atoms with Crippen LogP contribution in [0.4, 0.5) is 5.69 Å². The fraction of sp³-hybridized carbons (Fsp3) is 0.350. The molecule has 0 N–H and O–H groups in total. The van der Waals surface area contributed by atoms with Crippen molar-refractivity contribution in [3.05, 3.63) is 54.1 Å². The van der Waals surface area contributed by atoms with E-state index in [9.17, 15) is 4.79 Å². The fourth-order valence-corrected chi connectivity index (χ4v) is 3.41. The molecule has 2 heterocycles. The molecule has 2 aliphatic rings. The van der Waals surface area contributed by atoms with Crippen molar-refractivity contribution in [2.24, 2.45) is 0 Å². The molecule has 0 aromatic heterocycles. The number of nitrogens with zero attached hydrogens (tertiary/aromatic N) is 1. The number of hydrogen-bond acceptors (Lipinski definition) is 5. The highest BCUT2D eigenvalue weighted by Gasteiger charge is 2.54. The number of anilines is 1. The molecule has 0 aliphatic carbocycles. The molecule has 0 saturated carbocycles. The molecule has 1 fully saturated rings. The summed E-state index contributed by atoms with van der Waals surface area (Å²) in [6.07, 6.45) is 0.786. The van der Waals surface area contributed by atoms with Gasteiger partial charge in [0.05, 0.1) is 32.6 Å². The van der Waals surface area contributed by atoms with Crippen molar-refractivity contribution in [3.8, 4) is 11.5 Å². The Labute approximate surface area is 152 Å². The maximum atomic E-state index is 13.1. The number of benzene rings is 2. The van der Waals surface area contributed by atoms with E-state index in [1.165, 1.54) is 0 Å². The van der Waals surface area contributed by atoms with Gasteiger partial charge in [-0.15, -0.1) is 0 Å². The normalized spacial score (nSPS) is 18.0. The summed E-state index contributed by atoms with van der Waals surface area (Å²) >= 11 is 0. The van der Waals surface area contributed by atoms with E-state index in [0.717, 1.165) is 17.7 Å². The zero-order chi connectivity index (χ0) is 18.0. The maximum Gasteiger partial charge on any atom is 0.292 e. The van der Waals surface area contributed by atoms with Gasteiger partial charge in [0, 0.05) is 5.56 Å². The third kappa shape index (κ3) is 2.71. The molecule has 4 rings (SSSR count). The molecule has 2 aromatic rings. The summed E-state index contributed by atoms with van der Waals surface area (Å²) in [5.74, 6) is -0.188. The van der Waals surface area contributed by atoms with Crippen molar-refractivity contribution in [2.75, 3.05) is 38.4 Å². The topological polar surface area (TPSA) is 57.2 Å². The van der Waals surface area contributed by atoms with Gasteiger partial charge in [0.1, 0.15) is 6.61 Å². The average molecular weight is 355 g/mol. The Kier molecular flexibility index (Phi) is 4.53. The highest BCUT2D eigenvalue weighted by Crippen LogP contribution is 2.44. The van der Waals surface area contributed by atoms with Crippen LogP contribution in [0.25, 0.3) is 0 Å². The van der Waals surface area contributed by atoms with Gasteiger partial charge in [-0.3, -0.25) is 4.79 Å². The van der Waals surface area contributed by atoms with E-state index in [-0.39, 0.29) is 5.91 Å². The van der Waals surface area contributed by atoms with E-state index >= 15 is 0 Å². The first-order valence-electron chi connectivity index (χ1n) is 8.71. The number of carbonyl (C=O) groups excluding carboxylic acids is 1. The summed E-state index contributed by atoms with van der Waals surface area (Å²) in [5, 5.41) is 0. The minimum Gasteiger partial charge on any atom is -0.493 e. The van der Waals surface area contributed by atoms with E-state index in [0.29, 0.717) is 37.9 Å². The molecule has 1 saturated heterocycles. The van der Waals surface area contributed by atoms with E-state index in [1.807, 2.05) is 48.5 Å². The number of para-hydroxylation sites is 3. The standard InChI is InChI=1S/C20H21NO5/c1-23-17-9-4-5-10-18(17)24-14-11-21-16-8-3-2-7-15(16)20(19(21)22)25-12-6-13-26-20/h2-5,7-10H,6,11-14H2,1H3. The lowest BCUT2D eigenvalue weighted by Gasteiger charge is -2.32. The molecule has 1 amide bonds. The highest BCUT2D eigenvalue weighted by atomic mass is 16.7. The van der Waals surface area contributed by atoms with Crippen LogP contribution in [0.5, 0.6) is 11.5 Å². The second-order valence-corrected chi connectivity index (χ2v) is 6.14. The molecule has 0 radical (unpaired) electrons. The molecular formula is C20H21NO5. The maximum absolute atomic E-state index is 13.1. The molecule has 6 nitrogen and oxygen atoms in total. The monoisotopic (exact) mass is 355 g/mol. The van der Waals surface area contributed by atoms with Crippen molar-refractivity contribution >= 4 is 11.6 Å². The highest BCUT2D eigenvalue weighted by molar-refractivity contribution is 6.06. The Hall–Kier alpha value is -2.57. The largest absolute Gasteiger partial charge is 0.493 e. The van der Waals surface area contributed by atoms with Gasteiger partial charge in [0.25, 0.3) is 11.7 Å². The summed E-state index contributed by atoms with van der Waals surface area (Å²) in [5.41, 5.74) is 1.57. The molecule has 136 valence electrons. The summed E-state index contributed by atoms with van der Waals surface area (Å²) in [6.45, 7) is 1.73. The quantitative estimate of drug-likeness (QED) is 0.825. The first-order chi connectivity index (χ1) is 12.8. The lowest BCUT2D eigenvalue weighted by molar-refractivity contribution is -0.256. The second kappa shape index (κ2) is 6.97. The Bertz CT molecular complexity index is 800. The predicted octanol–water partition coefficient (Wildman–Crippen LogP) is 2.71. The minimum atomic E-state index is -1.31. The van der Waals surface area contributed by atoms with E-state index < -0.39 is 5.79 Å². The number of fused-ring (bicyclic) bond motifs is 2. The number of rotatable bonds is 5. The first kappa shape index (κ1) is 16.9. The van der Waals surface area contributed by atoms with Crippen LogP contribution in [0.15, 0.2) is 48.5 Å². The van der Waals surface area contributed by atoms with Crippen LogP contribution in [-0.4, -0.2) is 39.4 Å². The summed E-state index contributed by atoms with van der Waals surface area (Å²) in [6, 6.07) is 15.0. The number of hydrogen-bond donors (Lipinski definition) is 0. The van der Waals surface area contributed by atoms with Crippen molar-refractivity contribution in [1.29, 1.82) is 0 Å².